The first-order chi connectivity index (χ1) is 12.0. The van der Waals surface area contributed by atoms with Crippen LogP contribution in [0.15, 0.2) is 42.5 Å². The van der Waals surface area contributed by atoms with Gasteiger partial charge in [-0.05, 0) is 55.2 Å². The van der Waals surface area contributed by atoms with Gasteiger partial charge in [-0.2, -0.15) is 0 Å². The maximum atomic E-state index is 12.7. The molecule has 0 radical (unpaired) electrons. The SMILES string of the molecule is CC(=O)c1ccc2c(c1)CCN(C(=O)c1cccc(C(=O)O)c1)CC2. The fraction of sp³-hybridized carbons (Fsp3) is 0.250. The van der Waals surface area contributed by atoms with E-state index in [1.807, 2.05) is 18.2 Å². The van der Waals surface area contributed by atoms with Gasteiger partial charge in [0.1, 0.15) is 0 Å². The molecular formula is C20H19NO4. The van der Waals surface area contributed by atoms with Crippen molar-refractivity contribution in [3.8, 4) is 0 Å². The summed E-state index contributed by atoms with van der Waals surface area (Å²) in [6.45, 7) is 2.66. The Hall–Kier alpha value is -2.95. The third kappa shape index (κ3) is 3.60. The van der Waals surface area contributed by atoms with Crippen molar-refractivity contribution in [2.45, 2.75) is 19.8 Å². The smallest absolute Gasteiger partial charge is 0.335 e. The summed E-state index contributed by atoms with van der Waals surface area (Å²) >= 11 is 0. The van der Waals surface area contributed by atoms with Crippen molar-refractivity contribution in [3.05, 3.63) is 70.3 Å². The Labute approximate surface area is 145 Å². The Kier molecular flexibility index (Phi) is 4.65. The van der Waals surface area contributed by atoms with Crippen LogP contribution in [0.25, 0.3) is 0 Å². The Morgan fingerprint density at radius 3 is 2.24 bits per heavy atom. The van der Waals surface area contributed by atoms with Gasteiger partial charge in [0.15, 0.2) is 5.78 Å². The van der Waals surface area contributed by atoms with Gasteiger partial charge in [0, 0.05) is 24.2 Å². The molecule has 3 rings (SSSR count). The molecule has 128 valence electrons. The van der Waals surface area contributed by atoms with Crippen LogP contribution >= 0.6 is 0 Å². The van der Waals surface area contributed by atoms with Gasteiger partial charge in [-0.25, -0.2) is 4.79 Å². The molecule has 1 aliphatic heterocycles. The number of carboxylic acid groups (broad SMARTS) is 1. The van der Waals surface area contributed by atoms with Crippen molar-refractivity contribution in [2.75, 3.05) is 13.1 Å². The molecule has 0 bridgehead atoms. The second-order valence-corrected chi connectivity index (χ2v) is 6.22. The number of nitrogens with zero attached hydrogens (tertiary/aromatic N) is 1. The highest BCUT2D eigenvalue weighted by Gasteiger charge is 2.21. The number of hydrogen-bond donors (Lipinski definition) is 1. The van der Waals surface area contributed by atoms with E-state index in [-0.39, 0.29) is 17.3 Å². The monoisotopic (exact) mass is 337 g/mol. The molecule has 0 fully saturated rings. The van der Waals surface area contributed by atoms with Gasteiger partial charge < -0.3 is 10.0 Å². The number of hydrogen-bond acceptors (Lipinski definition) is 3. The average molecular weight is 337 g/mol. The van der Waals surface area contributed by atoms with Crippen molar-refractivity contribution < 1.29 is 19.5 Å². The minimum atomic E-state index is -1.05. The highest BCUT2D eigenvalue weighted by molar-refractivity contribution is 5.97. The van der Waals surface area contributed by atoms with Crippen molar-refractivity contribution in [3.63, 3.8) is 0 Å². The molecule has 1 heterocycles. The van der Waals surface area contributed by atoms with E-state index in [0.717, 1.165) is 17.5 Å². The van der Waals surface area contributed by atoms with Crippen molar-refractivity contribution in [2.24, 2.45) is 0 Å². The highest BCUT2D eigenvalue weighted by atomic mass is 16.4. The molecule has 25 heavy (non-hydrogen) atoms. The van der Waals surface area contributed by atoms with Crippen molar-refractivity contribution in [1.82, 2.24) is 4.90 Å². The van der Waals surface area contributed by atoms with E-state index in [2.05, 4.69) is 0 Å². The Bertz CT molecular complexity index is 857. The number of aromatic carboxylic acids is 1. The van der Waals surface area contributed by atoms with Gasteiger partial charge in [0.05, 0.1) is 5.56 Å². The van der Waals surface area contributed by atoms with Gasteiger partial charge >= 0.3 is 5.97 Å². The predicted octanol–water partition coefficient (Wildman–Crippen LogP) is 2.83. The maximum Gasteiger partial charge on any atom is 0.335 e. The molecule has 0 unspecified atom stereocenters. The van der Waals surface area contributed by atoms with Gasteiger partial charge in [0.25, 0.3) is 5.91 Å². The minimum Gasteiger partial charge on any atom is -0.478 e. The fourth-order valence-electron chi connectivity index (χ4n) is 3.12. The molecule has 1 amide bonds. The van der Waals surface area contributed by atoms with E-state index < -0.39 is 5.97 Å². The first-order valence-corrected chi connectivity index (χ1v) is 8.21. The molecule has 0 spiro atoms. The number of carbonyl (C=O) groups excluding carboxylic acids is 2. The van der Waals surface area contributed by atoms with Crippen LogP contribution in [0, 0.1) is 0 Å². The predicted molar refractivity (Wildman–Crippen MR) is 93.2 cm³/mol. The highest BCUT2D eigenvalue weighted by Crippen LogP contribution is 2.20. The topological polar surface area (TPSA) is 74.7 Å². The molecule has 1 aliphatic rings. The zero-order valence-corrected chi connectivity index (χ0v) is 14.0. The van der Waals surface area contributed by atoms with Crippen LogP contribution in [0.5, 0.6) is 0 Å². The van der Waals surface area contributed by atoms with E-state index in [4.69, 9.17) is 5.11 Å². The van der Waals surface area contributed by atoms with E-state index in [9.17, 15) is 14.4 Å². The lowest BCUT2D eigenvalue weighted by Gasteiger charge is -2.20. The lowest BCUT2D eigenvalue weighted by atomic mass is 9.99. The lowest BCUT2D eigenvalue weighted by molar-refractivity contribution is 0.0696. The number of amides is 1. The van der Waals surface area contributed by atoms with Crippen LogP contribution in [-0.2, 0) is 12.8 Å². The standard InChI is InChI=1S/C20H19NO4/c1-13(22)15-6-5-14-7-9-21(10-8-16(14)11-15)19(23)17-3-2-4-18(12-17)20(24)25/h2-6,11-12H,7-10H2,1H3,(H,24,25). The van der Waals surface area contributed by atoms with E-state index in [0.29, 0.717) is 30.6 Å². The molecule has 0 atom stereocenters. The lowest BCUT2D eigenvalue weighted by Crippen LogP contribution is -2.33. The molecule has 5 heteroatoms. The van der Waals surface area contributed by atoms with Gasteiger partial charge in [0.2, 0.25) is 0 Å². The molecule has 0 saturated carbocycles. The second kappa shape index (κ2) is 6.89. The largest absolute Gasteiger partial charge is 0.478 e. The number of benzene rings is 2. The number of Topliss-reactive ketones (excluding diaryl/α,β-unsaturated/α-hetero) is 1. The summed E-state index contributed by atoms with van der Waals surface area (Å²) in [5.41, 5.74) is 3.43. The third-order valence-corrected chi connectivity index (χ3v) is 4.56. The number of carbonyl (C=O) groups is 3. The minimum absolute atomic E-state index is 0.0328. The molecule has 5 nitrogen and oxygen atoms in total. The Morgan fingerprint density at radius 2 is 1.56 bits per heavy atom. The number of fused-ring (bicyclic) bond motifs is 1. The Balaban J connectivity index is 1.79. The molecule has 2 aromatic rings. The zero-order chi connectivity index (χ0) is 18.0. The first-order valence-electron chi connectivity index (χ1n) is 8.21. The quantitative estimate of drug-likeness (QED) is 0.874. The molecule has 0 aromatic heterocycles. The maximum absolute atomic E-state index is 12.7. The summed E-state index contributed by atoms with van der Waals surface area (Å²) in [6.07, 6.45) is 1.40. The van der Waals surface area contributed by atoms with Gasteiger partial charge in [-0.3, -0.25) is 9.59 Å². The number of rotatable bonds is 3. The van der Waals surface area contributed by atoms with Crippen LogP contribution in [-0.4, -0.2) is 40.8 Å². The summed E-state index contributed by atoms with van der Waals surface area (Å²) < 4.78 is 0. The van der Waals surface area contributed by atoms with Crippen molar-refractivity contribution >= 4 is 17.7 Å². The summed E-state index contributed by atoms with van der Waals surface area (Å²) in [5, 5.41) is 9.08. The van der Waals surface area contributed by atoms with Gasteiger partial charge in [-0.1, -0.05) is 18.2 Å². The molecule has 1 N–H and O–H groups in total. The van der Waals surface area contributed by atoms with E-state index in [1.54, 1.807) is 24.0 Å². The summed E-state index contributed by atoms with van der Waals surface area (Å²) in [7, 11) is 0. The van der Waals surface area contributed by atoms with Crippen LogP contribution < -0.4 is 0 Å². The Morgan fingerprint density at radius 1 is 0.880 bits per heavy atom. The second-order valence-electron chi connectivity index (χ2n) is 6.22. The number of carboxylic acids is 1. The summed E-state index contributed by atoms with van der Waals surface area (Å²) in [5.74, 6) is -1.18. The van der Waals surface area contributed by atoms with E-state index >= 15 is 0 Å². The molecule has 0 saturated heterocycles. The van der Waals surface area contributed by atoms with Crippen molar-refractivity contribution in [1.29, 1.82) is 0 Å². The fourth-order valence-corrected chi connectivity index (χ4v) is 3.12. The van der Waals surface area contributed by atoms with Gasteiger partial charge in [-0.15, -0.1) is 0 Å². The van der Waals surface area contributed by atoms with Crippen LogP contribution in [0.2, 0.25) is 0 Å². The van der Waals surface area contributed by atoms with Crippen LogP contribution in [0.4, 0.5) is 0 Å². The molecule has 0 aliphatic carbocycles. The average Bonchev–Trinajstić information content (AvgIpc) is 2.83. The third-order valence-electron chi connectivity index (χ3n) is 4.56. The number of ketones is 1. The summed E-state index contributed by atoms with van der Waals surface area (Å²) in [4.78, 5) is 37.1. The zero-order valence-electron chi connectivity index (χ0n) is 14.0. The van der Waals surface area contributed by atoms with E-state index in [1.165, 1.54) is 12.1 Å². The molecule has 2 aromatic carbocycles. The normalized spacial score (nSPS) is 13.7. The van der Waals surface area contributed by atoms with Crippen LogP contribution in [0.3, 0.4) is 0 Å². The van der Waals surface area contributed by atoms with Crippen LogP contribution in [0.1, 0.15) is 49.1 Å². The summed E-state index contributed by atoms with van der Waals surface area (Å²) in [6, 6.07) is 11.8. The molecular weight excluding hydrogens is 318 g/mol. The first kappa shape index (κ1) is 16.9.